The molecule has 0 saturated heterocycles. The zero-order valence-corrected chi connectivity index (χ0v) is 9.50. The lowest BCUT2D eigenvalue weighted by Crippen LogP contribution is -2.08. The third kappa shape index (κ3) is 1.48. The highest BCUT2D eigenvalue weighted by Crippen LogP contribution is 2.24. The second kappa shape index (κ2) is 3.26. The van der Waals surface area contributed by atoms with Crippen LogP contribution in [0.15, 0.2) is 21.3 Å². The Morgan fingerprint density at radius 1 is 1.33 bits per heavy atom. The first kappa shape index (κ1) is 10.0. The van der Waals surface area contributed by atoms with E-state index in [9.17, 15) is 4.79 Å². The van der Waals surface area contributed by atoms with E-state index in [-0.39, 0.29) is 5.76 Å². The topological polar surface area (TPSA) is 35.1 Å². The van der Waals surface area contributed by atoms with Gasteiger partial charge in [-0.15, -0.1) is 0 Å². The molecule has 0 aliphatic rings. The monoisotopic (exact) mass is 205 g/mol. The summed E-state index contributed by atoms with van der Waals surface area (Å²) in [7, 11) is 1.72. The standard InChI is InChI=1S/C12H15NO2/c1-7(2)9-6-11-10(5-8(9)3)13(4)12(14)15-11/h5-7H,1-4H3. The number of fused-ring (bicyclic) bond motifs is 1. The van der Waals surface area contributed by atoms with E-state index in [2.05, 4.69) is 20.8 Å². The highest BCUT2D eigenvalue weighted by atomic mass is 16.4. The van der Waals surface area contributed by atoms with Gasteiger partial charge in [-0.1, -0.05) is 13.8 Å². The van der Waals surface area contributed by atoms with E-state index in [0.29, 0.717) is 11.5 Å². The van der Waals surface area contributed by atoms with Gasteiger partial charge in [0.25, 0.3) is 0 Å². The van der Waals surface area contributed by atoms with Crippen LogP contribution in [0.4, 0.5) is 0 Å². The van der Waals surface area contributed by atoms with Gasteiger partial charge < -0.3 is 4.42 Å². The molecule has 1 heterocycles. The average Bonchev–Trinajstić information content (AvgIpc) is 2.43. The average molecular weight is 205 g/mol. The molecular weight excluding hydrogens is 190 g/mol. The summed E-state index contributed by atoms with van der Waals surface area (Å²) in [5.74, 6) is 0.144. The predicted octanol–water partition coefficient (Wildman–Crippen LogP) is 2.56. The van der Waals surface area contributed by atoms with Crippen LogP contribution in [0.3, 0.4) is 0 Å². The molecule has 0 spiro atoms. The molecule has 1 aromatic carbocycles. The SMILES string of the molecule is Cc1cc2c(cc1C(C)C)oc(=O)n2C. The molecule has 0 saturated carbocycles. The van der Waals surface area contributed by atoms with Crippen molar-refractivity contribution in [1.29, 1.82) is 0 Å². The molecule has 80 valence electrons. The molecule has 0 N–H and O–H groups in total. The van der Waals surface area contributed by atoms with Gasteiger partial charge in [0.1, 0.15) is 0 Å². The Hall–Kier alpha value is -1.51. The van der Waals surface area contributed by atoms with Gasteiger partial charge in [0, 0.05) is 7.05 Å². The van der Waals surface area contributed by atoms with Crippen LogP contribution in [-0.4, -0.2) is 4.57 Å². The number of aryl methyl sites for hydroxylation is 2. The minimum Gasteiger partial charge on any atom is -0.408 e. The summed E-state index contributed by atoms with van der Waals surface area (Å²) in [4.78, 5) is 11.3. The molecule has 1 aromatic heterocycles. The maximum Gasteiger partial charge on any atom is 0.419 e. The van der Waals surface area contributed by atoms with Gasteiger partial charge in [-0.2, -0.15) is 0 Å². The van der Waals surface area contributed by atoms with Crippen molar-refractivity contribution >= 4 is 11.1 Å². The second-order valence-electron chi connectivity index (χ2n) is 4.26. The van der Waals surface area contributed by atoms with E-state index in [0.717, 1.165) is 5.52 Å². The molecule has 0 fully saturated rings. The zero-order valence-electron chi connectivity index (χ0n) is 9.50. The molecule has 0 aliphatic carbocycles. The van der Waals surface area contributed by atoms with Crippen molar-refractivity contribution in [3.8, 4) is 0 Å². The van der Waals surface area contributed by atoms with Gasteiger partial charge in [0.2, 0.25) is 0 Å². The Morgan fingerprint density at radius 2 is 2.00 bits per heavy atom. The van der Waals surface area contributed by atoms with Crippen LogP contribution in [0.25, 0.3) is 11.1 Å². The normalized spacial score (nSPS) is 11.5. The third-order valence-electron chi connectivity index (χ3n) is 2.80. The number of hydrogen-bond acceptors (Lipinski definition) is 2. The van der Waals surface area contributed by atoms with E-state index in [1.165, 1.54) is 15.7 Å². The summed E-state index contributed by atoms with van der Waals surface area (Å²) in [5, 5.41) is 0. The van der Waals surface area contributed by atoms with Crippen molar-refractivity contribution < 1.29 is 4.42 Å². The second-order valence-corrected chi connectivity index (χ2v) is 4.26. The van der Waals surface area contributed by atoms with E-state index >= 15 is 0 Å². The molecule has 0 radical (unpaired) electrons. The first-order valence-electron chi connectivity index (χ1n) is 5.10. The Balaban J connectivity index is 2.82. The maximum absolute atomic E-state index is 11.3. The number of hydrogen-bond donors (Lipinski definition) is 0. The molecule has 0 atom stereocenters. The molecule has 0 bridgehead atoms. The highest BCUT2D eigenvalue weighted by molar-refractivity contribution is 5.75. The van der Waals surface area contributed by atoms with Crippen LogP contribution in [-0.2, 0) is 7.05 Å². The first-order chi connectivity index (χ1) is 7.00. The van der Waals surface area contributed by atoms with E-state index in [1.54, 1.807) is 7.05 Å². The van der Waals surface area contributed by atoms with Gasteiger partial charge in [0.05, 0.1) is 5.52 Å². The molecule has 3 heteroatoms. The summed E-state index contributed by atoms with van der Waals surface area (Å²) in [6.45, 7) is 6.33. The van der Waals surface area contributed by atoms with Gasteiger partial charge >= 0.3 is 5.76 Å². The largest absolute Gasteiger partial charge is 0.419 e. The van der Waals surface area contributed by atoms with Crippen LogP contribution >= 0.6 is 0 Å². The van der Waals surface area contributed by atoms with E-state index in [4.69, 9.17) is 4.42 Å². The molecular formula is C12H15NO2. The highest BCUT2D eigenvalue weighted by Gasteiger charge is 2.10. The minimum atomic E-state index is -0.301. The lowest BCUT2D eigenvalue weighted by atomic mass is 9.98. The van der Waals surface area contributed by atoms with Crippen LogP contribution in [0.5, 0.6) is 0 Å². The van der Waals surface area contributed by atoms with Crippen LogP contribution in [0.1, 0.15) is 30.9 Å². The summed E-state index contributed by atoms with van der Waals surface area (Å²) in [6.07, 6.45) is 0. The number of nitrogens with zero attached hydrogens (tertiary/aromatic N) is 1. The number of aromatic nitrogens is 1. The van der Waals surface area contributed by atoms with E-state index in [1.807, 2.05) is 12.1 Å². The molecule has 2 rings (SSSR count). The lowest BCUT2D eigenvalue weighted by Gasteiger charge is -2.08. The van der Waals surface area contributed by atoms with Crippen molar-refractivity contribution in [2.45, 2.75) is 26.7 Å². The van der Waals surface area contributed by atoms with Crippen LogP contribution in [0.2, 0.25) is 0 Å². The third-order valence-corrected chi connectivity index (χ3v) is 2.80. The quantitative estimate of drug-likeness (QED) is 0.717. The van der Waals surface area contributed by atoms with Crippen LogP contribution in [0, 0.1) is 6.92 Å². The molecule has 15 heavy (non-hydrogen) atoms. The van der Waals surface area contributed by atoms with Crippen molar-refractivity contribution in [3.63, 3.8) is 0 Å². The maximum atomic E-state index is 11.3. The number of benzene rings is 1. The number of rotatable bonds is 1. The molecule has 0 aliphatic heterocycles. The Morgan fingerprint density at radius 3 is 2.60 bits per heavy atom. The Labute approximate surface area is 88.3 Å². The van der Waals surface area contributed by atoms with Gasteiger partial charge in [0.15, 0.2) is 5.58 Å². The van der Waals surface area contributed by atoms with Gasteiger partial charge in [-0.25, -0.2) is 4.79 Å². The molecule has 2 aromatic rings. The van der Waals surface area contributed by atoms with E-state index < -0.39 is 0 Å². The summed E-state index contributed by atoms with van der Waals surface area (Å²) in [5.41, 5.74) is 3.98. The van der Waals surface area contributed by atoms with Crippen LogP contribution < -0.4 is 5.76 Å². The smallest absolute Gasteiger partial charge is 0.408 e. The predicted molar refractivity (Wildman–Crippen MR) is 60.3 cm³/mol. The summed E-state index contributed by atoms with van der Waals surface area (Å²) < 4.78 is 6.69. The fourth-order valence-electron chi connectivity index (χ4n) is 1.92. The molecule has 0 unspecified atom stereocenters. The van der Waals surface area contributed by atoms with Gasteiger partial charge in [-0.3, -0.25) is 4.57 Å². The lowest BCUT2D eigenvalue weighted by molar-refractivity contribution is 0.527. The fraction of sp³-hybridized carbons (Fsp3) is 0.417. The van der Waals surface area contributed by atoms with Crippen molar-refractivity contribution in [3.05, 3.63) is 33.8 Å². The fourth-order valence-corrected chi connectivity index (χ4v) is 1.92. The zero-order chi connectivity index (χ0) is 11.2. The summed E-state index contributed by atoms with van der Waals surface area (Å²) in [6, 6.07) is 3.98. The molecule has 3 nitrogen and oxygen atoms in total. The Kier molecular flexibility index (Phi) is 2.18. The Bertz CT molecular complexity index is 561. The molecule has 0 amide bonds. The first-order valence-corrected chi connectivity index (χ1v) is 5.10. The van der Waals surface area contributed by atoms with Crippen molar-refractivity contribution in [2.24, 2.45) is 7.05 Å². The minimum absolute atomic E-state index is 0.301. The number of oxazole rings is 1. The van der Waals surface area contributed by atoms with Crippen molar-refractivity contribution in [1.82, 2.24) is 4.57 Å². The summed E-state index contributed by atoms with van der Waals surface area (Å²) >= 11 is 0. The van der Waals surface area contributed by atoms with Crippen molar-refractivity contribution in [2.75, 3.05) is 0 Å². The van der Waals surface area contributed by atoms with Gasteiger partial charge in [-0.05, 0) is 36.1 Å².